The summed E-state index contributed by atoms with van der Waals surface area (Å²) in [7, 11) is 0.520. The third-order valence-corrected chi connectivity index (χ3v) is 12.5. The van der Waals surface area contributed by atoms with E-state index in [-0.39, 0.29) is 53.6 Å². The number of carbonyl (C=O) groups excluding carboxylic acids is 1. The number of carboxylic acids is 1. The molecule has 0 spiro atoms. The summed E-state index contributed by atoms with van der Waals surface area (Å²) >= 11 is 16.6. The van der Waals surface area contributed by atoms with Gasteiger partial charge in [0, 0.05) is 49.3 Å². The molecule has 1 saturated heterocycles. The summed E-state index contributed by atoms with van der Waals surface area (Å²) < 4.78 is 62.5. The zero-order chi connectivity index (χ0) is 45.8. The first-order valence-electron chi connectivity index (χ1n) is 19.9. The largest absolute Gasteiger partial charge is 0.496 e. The molecule has 3 aromatic rings. The van der Waals surface area contributed by atoms with E-state index in [0.29, 0.717) is 62.0 Å². The summed E-state index contributed by atoms with van der Waals surface area (Å²) in [6.07, 6.45) is 0.567. The second-order valence-corrected chi connectivity index (χ2v) is 19.5. The van der Waals surface area contributed by atoms with Crippen LogP contribution >= 0.6 is 35.8 Å². The lowest BCUT2D eigenvalue weighted by atomic mass is 9.98. The van der Waals surface area contributed by atoms with Gasteiger partial charge in [-0.1, -0.05) is 47.5 Å². The predicted molar refractivity (Wildman–Crippen MR) is 240 cm³/mol. The van der Waals surface area contributed by atoms with Crippen LogP contribution in [0.4, 0.5) is 0 Å². The van der Waals surface area contributed by atoms with Crippen molar-refractivity contribution in [3.8, 4) is 22.6 Å². The number of sulfonamides is 1. The molecule has 0 bridgehead atoms. The first kappa shape index (κ1) is 51.4. The van der Waals surface area contributed by atoms with Crippen LogP contribution in [-0.4, -0.2) is 131 Å². The van der Waals surface area contributed by atoms with Crippen LogP contribution < -0.4 is 26.4 Å². The van der Waals surface area contributed by atoms with Gasteiger partial charge in [0.2, 0.25) is 15.9 Å². The van der Waals surface area contributed by atoms with E-state index in [1.807, 2.05) is 32.9 Å². The average Bonchev–Trinajstić information content (AvgIpc) is 3.71. The lowest BCUT2D eigenvalue weighted by molar-refractivity contribution is -0.142. The molecule has 0 aliphatic carbocycles. The van der Waals surface area contributed by atoms with Gasteiger partial charge in [-0.25, -0.2) is 18.2 Å². The molecule has 0 aromatic heterocycles. The van der Waals surface area contributed by atoms with Gasteiger partial charge in [-0.3, -0.25) is 10.6 Å². The Morgan fingerprint density at radius 1 is 0.984 bits per heavy atom. The number of halogens is 2. The number of hydrogen-bond acceptors (Lipinski definition) is 14. The van der Waals surface area contributed by atoms with Crippen LogP contribution in [0.2, 0.25) is 10.0 Å². The Kier molecular flexibility index (Phi) is 19.1. The third-order valence-electron chi connectivity index (χ3n) is 9.90. The highest BCUT2D eigenvalue weighted by atomic mass is 35.5. The van der Waals surface area contributed by atoms with Gasteiger partial charge >= 0.3 is 5.97 Å². The van der Waals surface area contributed by atoms with Gasteiger partial charge in [0.25, 0.3) is 0 Å². The van der Waals surface area contributed by atoms with Gasteiger partial charge in [0.05, 0.1) is 63.3 Å². The summed E-state index contributed by atoms with van der Waals surface area (Å²) in [6.45, 7) is 8.03. The number of hydrazine groups is 1. The normalized spacial score (nSPS) is 16.8. The Morgan fingerprint density at radius 2 is 1.61 bits per heavy atom. The number of benzene rings is 3. The van der Waals surface area contributed by atoms with E-state index in [4.69, 9.17) is 63.2 Å². The van der Waals surface area contributed by atoms with E-state index >= 15 is 0 Å². The number of ether oxygens (including phenoxy) is 6. The molecule has 344 valence electrons. The van der Waals surface area contributed by atoms with E-state index in [1.54, 1.807) is 50.6 Å². The molecule has 16 nitrogen and oxygen atoms in total. The van der Waals surface area contributed by atoms with Gasteiger partial charge < -0.3 is 44.6 Å². The molecule has 1 aliphatic heterocycles. The smallest absolute Gasteiger partial charge is 0.326 e. The minimum atomic E-state index is -4.15. The van der Waals surface area contributed by atoms with Gasteiger partial charge in [0.15, 0.2) is 0 Å². The fraction of sp³-hybridized carbons (Fsp3) is 0.524. The molecule has 20 heteroatoms. The van der Waals surface area contributed by atoms with E-state index in [9.17, 15) is 23.1 Å². The topological polar surface area (TPSA) is 214 Å². The maximum absolute atomic E-state index is 13.5. The molecule has 3 aromatic carbocycles. The summed E-state index contributed by atoms with van der Waals surface area (Å²) in [5.41, 5.74) is 8.56. The molecule has 0 radical (unpaired) electrons. The highest BCUT2D eigenvalue weighted by Crippen LogP contribution is 2.40. The molecular weight excluding hydrogens is 886 g/mol. The maximum Gasteiger partial charge on any atom is 0.326 e. The molecule has 6 N–H and O–H groups in total. The third kappa shape index (κ3) is 14.9. The highest BCUT2D eigenvalue weighted by Gasteiger charge is 2.41. The number of carbonyl (C=O) groups is 2. The summed E-state index contributed by atoms with van der Waals surface area (Å²) in [5.74, 6) is 5.26. The Bertz CT molecular complexity index is 2030. The number of amides is 1. The molecule has 1 fully saturated rings. The highest BCUT2D eigenvalue weighted by molar-refractivity contribution is 7.89. The van der Waals surface area contributed by atoms with Crippen LogP contribution in [0.25, 0.3) is 11.1 Å². The van der Waals surface area contributed by atoms with Crippen LogP contribution in [0.3, 0.4) is 0 Å². The fourth-order valence-corrected chi connectivity index (χ4v) is 9.42. The van der Waals surface area contributed by atoms with Crippen LogP contribution in [-0.2, 0) is 51.6 Å². The van der Waals surface area contributed by atoms with Gasteiger partial charge in [-0.15, -0.1) is 12.6 Å². The van der Waals surface area contributed by atoms with Crippen LogP contribution in [0.1, 0.15) is 44.7 Å². The maximum atomic E-state index is 13.5. The summed E-state index contributed by atoms with van der Waals surface area (Å²) in [6, 6.07) is 11.9. The summed E-state index contributed by atoms with van der Waals surface area (Å²) in [5, 5.41) is 14.5. The van der Waals surface area contributed by atoms with Gasteiger partial charge in [-0.2, -0.15) is 4.31 Å². The van der Waals surface area contributed by atoms with Gasteiger partial charge in [0.1, 0.15) is 28.5 Å². The van der Waals surface area contributed by atoms with Crippen LogP contribution in [0.5, 0.6) is 11.5 Å². The van der Waals surface area contributed by atoms with Crippen molar-refractivity contribution in [2.24, 2.45) is 11.6 Å². The number of nitrogens with zero attached hydrogens (tertiary/aromatic N) is 2. The molecular formula is C42H59Cl2N5O11S2. The number of carboxylic acid groups (broad SMARTS) is 1. The van der Waals surface area contributed by atoms with Crippen LogP contribution in [0.15, 0.2) is 59.5 Å². The monoisotopic (exact) mass is 943 g/mol. The number of methoxy groups -OCH3 is 3. The average molecular weight is 945 g/mol. The Morgan fingerprint density at radius 3 is 2.19 bits per heavy atom. The molecule has 1 heterocycles. The van der Waals surface area contributed by atoms with E-state index in [0.717, 1.165) is 15.4 Å². The van der Waals surface area contributed by atoms with E-state index in [2.05, 4.69) is 17.9 Å². The second-order valence-electron chi connectivity index (χ2n) is 15.8. The Hall–Kier alpha value is -3.24. The zero-order valence-electron chi connectivity index (χ0n) is 35.9. The lowest BCUT2D eigenvalue weighted by Gasteiger charge is -2.31. The molecule has 0 saturated carbocycles. The quantitative estimate of drug-likeness (QED) is 0.0335. The van der Waals surface area contributed by atoms with Crippen molar-refractivity contribution in [1.29, 1.82) is 0 Å². The minimum Gasteiger partial charge on any atom is -0.496 e. The predicted octanol–water partition coefficient (Wildman–Crippen LogP) is 4.77. The standard InChI is InChI=1S/C42H59Cl2N5O11S2/c1-41(2,25-60-42(3,61)26-55-4)59-15-14-48(46)22-32(45)24-58-23-28-17-36(56-5)38(37(18-28)57-6)29-11-9-27(10-12-29)16-34(40(51)52)47-39(50)35-8-7-13-49(35)62(53,54)33-20-30(43)19-31(44)21-33/h9-12,17-21,32,34-35,61H,7-8,13-16,22-26,45-46H2,1-6H3,(H,47,50)(H,51,52)/t32?,34?,35-,42?/m0/s1. The molecule has 1 aliphatic rings. The second kappa shape index (κ2) is 23.1. The van der Waals surface area contributed by atoms with Crippen molar-refractivity contribution in [1.82, 2.24) is 14.6 Å². The Balaban J connectivity index is 1.32. The molecule has 1 amide bonds. The molecule has 3 unspecified atom stereocenters. The number of nitrogens with one attached hydrogen (secondary N) is 1. The lowest BCUT2D eigenvalue weighted by Crippen LogP contribution is -2.51. The molecule has 4 rings (SSSR count). The molecule has 62 heavy (non-hydrogen) atoms. The Labute approximate surface area is 379 Å². The van der Waals surface area contributed by atoms with Crippen molar-refractivity contribution in [2.75, 3.05) is 67.4 Å². The van der Waals surface area contributed by atoms with Crippen molar-refractivity contribution < 1.29 is 51.5 Å². The minimum absolute atomic E-state index is 0.0628. The fourth-order valence-electron chi connectivity index (χ4n) is 6.84. The number of aliphatic carboxylic acids is 1. The number of rotatable bonds is 25. The molecule has 4 atom stereocenters. The van der Waals surface area contributed by atoms with Crippen LogP contribution in [0, 0.1) is 0 Å². The van der Waals surface area contributed by atoms with Crippen molar-refractivity contribution in [3.63, 3.8) is 0 Å². The van der Waals surface area contributed by atoms with Crippen molar-refractivity contribution in [2.45, 2.75) is 80.2 Å². The number of nitrogens with two attached hydrogens (primary N) is 2. The van der Waals surface area contributed by atoms with E-state index in [1.165, 1.54) is 18.2 Å². The SMILES string of the molecule is COCC(C)(S)OCC(C)(C)OCCN(N)CC(N)COCc1cc(OC)c(-c2ccc(CC(NC(=O)[C@@H]3CCCN3S(=O)(=O)c3cc(Cl)cc(Cl)c3)C(=O)O)cc2)c(OC)c1. The van der Waals surface area contributed by atoms with Crippen molar-refractivity contribution >= 4 is 57.7 Å². The van der Waals surface area contributed by atoms with Crippen molar-refractivity contribution in [3.05, 3.63) is 75.8 Å². The summed E-state index contributed by atoms with van der Waals surface area (Å²) in [4.78, 5) is 24.9. The first-order chi connectivity index (χ1) is 29.2. The van der Waals surface area contributed by atoms with E-state index < -0.39 is 44.5 Å². The number of hydrogen-bond donors (Lipinski definition) is 5. The first-order valence-corrected chi connectivity index (χ1v) is 22.5. The number of thiol groups is 1. The van der Waals surface area contributed by atoms with Gasteiger partial charge in [-0.05, 0) is 80.6 Å². The zero-order valence-corrected chi connectivity index (χ0v) is 39.1.